The maximum Gasteiger partial charge on any atom is 0.194 e. The molecule has 3 heteroatoms. The predicted octanol–water partition coefficient (Wildman–Crippen LogP) is 1.88. The zero-order chi connectivity index (χ0) is 10.8. The summed E-state index contributed by atoms with van der Waals surface area (Å²) < 4.78 is 0. The Bertz CT molecular complexity index is 355. The molecule has 0 saturated carbocycles. The minimum atomic E-state index is -0.978. The maximum absolute atomic E-state index is 11.8. The molecule has 0 aliphatic rings. The Kier molecular flexibility index (Phi) is 2.79. The molecule has 0 saturated heterocycles. The van der Waals surface area contributed by atoms with Crippen LogP contribution in [-0.4, -0.2) is 16.6 Å². The van der Waals surface area contributed by atoms with E-state index in [0.29, 0.717) is 5.69 Å². The van der Waals surface area contributed by atoms with Gasteiger partial charge < -0.3 is 0 Å². The highest BCUT2D eigenvalue weighted by atomic mass is 16.2. The van der Waals surface area contributed by atoms with E-state index in [9.17, 15) is 9.59 Å². The van der Waals surface area contributed by atoms with Crippen LogP contribution >= 0.6 is 0 Å². The van der Waals surface area contributed by atoms with Crippen LogP contribution < -0.4 is 0 Å². The smallest absolute Gasteiger partial charge is 0.194 e. The van der Waals surface area contributed by atoms with Crippen LogP contribution in [0.3, 0.4) is 0 Å². The van der Waals surface area contributed by atoms with E-state index in [2.05, 4.69) is 4.98 Å². The van der Waals surface area contributed by atoms with E-state index in [4.69, 9.17) is 0 Å². The molecule has 14 heavy (non-hydrogen) atoms. The Morgan fingerprint density at radius 2 is 1.93 bits per heavy atom. The SMILES string of the molecule is CC(=O)C(C)(C)C(=O)c1ccccn1. The summed E-state index contributed by atoms with van der Waals surface area (Å²) >= 11 is 0. The van der Waals surface area contributed by atoms with Gasteiger partial charge in [-0.2, -0.15) is 0 Å². The molecule has 74 valence electrons. The molecule has 0 bridgehead atoms. The highest BCUT2D eigenvalue weighted by Gasteiger charge is 2.33. The third-order valence-corrected chi connectivity index (χ3v) is 2.35. The lowest BCUT2D eigenvalue weighted by molar-refractivity contribution is -0.122. The molecule has 3 nitrogen and oxygen atoms in total. The van der Waals surface area contributed by atoms with Crippen LogP contribution in [0.1, 0.15) is 31.3 Å². The van der Waals surface area contributed by atoms with Gasteiger partial charge in [0.2, 0.25) is 0 Å². The van der Waals surface area contributed by atoms with E-state index in [-0.39, 0.29) is 11.6 Å². The first-order valence-electron chi connectivity index (χ1n) is 4.43. The van der Waals surface area contributed by atoms with Gasteiger partial charge in [0.1, 0.15) is 11.5 Å². The van der Waals surface area contributed by atoms with Crippen LogP contribution in [0.25, 0.3) is 0 Å². The molecule has 1 heterocycles. The first-order chi connectivity index (χ1) is 6.46. The Hall–Kier alpha value is -1.51. The molecule has 0 fully saturated rings. The summed E-state index contributed by atoms with van der Waals surface area (Å²) in [6.07, 6.45) is 1.55. The molecule has 1 aromatic rings. The normalized spacial score (nSPS) is 11.1. The third kappa shape index (κ3) is 1.87. The van der Waals surface area contributed by atoms with Crippen LogP contribution in [-0.2, 0) is 4.79 Å². The number of hydrogen-bond acceptors (Lipinski definition) is 3. The Morgan fingerprint density at radius 1 is 1.29 bits per heavy atom. The van der Waals surface area contributed by atoms with Crippen LogP contribution in [0.4, 0.5) is 0 Å². The zero-order valence-corrected chi connectivity index (χ0v) is 8.57. The number of pyridine rings is 1. The molecule has 1 aromatic heterocycles. The molecule has 0 unspecified atom stereocenters. The van der Waals surface area contributed by atoms with E-state index in [1.165, 1.54) is 6.92 Å². The Morgan fingerprint density at radius 3 is 2.36 bits per heavy atom. The van der Waals surface area contributed by atoms with Gasteiger partial charge >= 0.3 is 0 Å². The number of carbonyl (C=O) groups is 2. The fraction of sp³-hybridized carbons (Fsp3) is 0.364. The van der Waals surface area contributed by atoms with Crippen LogP contribution in [0.2, 0.25) is 0 Å². The summed E-state index contributed by atoms with van der Waals surface area (Å²) in [5.41, 5.74) is -0.637. The highest BCUT2D eigenvalue weighted by Crippen LogP contribution is 2.21. The average Bonchev–Trinajstić information content (AvgIpc) is 2.17. The molecule has 0 amide bonds. The van der Waals surface area contributed by atoms with Gasteiger partial charge in [-0.15, -0.1) is 0 Å². The second-order valence-corrected chi connectivity index (χ2v) is 3.73. The Labute approximate surface area is 83.2 Å². The van der Waals surface area contributed by atoms with Gasteiger partial charge in [0.05, 0.1) is 5.41 Å². The summed E-state index contributed by atoms with van der Waals surface area (Å²) in [4.78, 5) is 27.0. The topological polar surface area (TPSA) is 47.0 Å². The first-order valence-corrected chi connectivity index (χ1v) is 4.43. The first kappa shape index (κ1) is 10.6. The standard InChI is InChI=1S/C11H13NO2/c1-8(13)11(2,3)10(14)9-6-4-5-7-12-9/h4-7H,1-3H3. The molecule has 0 spiro atoms. The van der Waals surface area contributed by atoms with Crippen molar-refractivity contribution in [1.82, 2.24) is 4.98 Å². The number of hydrogen-bond donors (Lipinski definition) is 0. The van der Waals surface area contributed by atoms with Crippen molar-refractivity contribution in [2.24, 2.45) is 5.41 Å². The van der Waals surface area contributed by atoms with Crippen molar-refractivity contribution < 1.29 is 9.59 Å². The minimum absolute atomic E-state index is 0.145. The summed E-state index contributed by atoms with van der Waals surface area (Å²) in [6.45, 7) is 4.65. The van der Waals surface area contributed by atoms with Gasteiger partial charge in [-0.3, -0.25) is 14.6 Å². The fourth-order valence-electron chi connectivity index (χ4n) is 0.977. The Balaban J connectivity index is 3.03. The largest absolute Gasteiger partial charge is 0.299 e. The van der Waals surface area contributed by atoms with Gasteiger partial charge in [0.25, 0.3) is 0 Å². The second kappa shape index (κ2) is 3.70. The molecule has 0 atom stereocenters. The van der Waals surface area contributed by atoms with E-state index >= 15 is 0 Å². The minimum Gasteiger partial charge on any atom is -0.299 e. The number of Topliss-reactive ketones (excluding diaryl/α,β-unsaturated/α-hetero) is 2. The summed E-state index contributed by atoms with van der Waals surface area (Å²) in [5.74, 6) is -0.376. The van der Waals surface area contributed by atoms with Gasteiger partial charge in [-0.1, -0.05) is 6.07 Å². The number of ketones is 2. The monoisotopic (exact) mass is 191 g/mol. The highest BCUT2D eigenvalue weighted by molar-refractivity contribution is 6.12. The third-order valence-electron chi connectivity index (χ3n) is 2.35. The summed E-state index contributed by atoms with van der Waals surface area (Å²) in [5, 5.41) is 0. The quantitative estimate of drug-likeness (QED) is 0.541. The molecule has 0 aliphatic heterocycles. The molecular formula is C11H13NO2. The molecule has 0 aromatic carbocycles. The number of aromatic nitrogens is 1. The van der Waals surface area contributed by atoms with Gasteiger partial charge in [-0.05, 0) is 32.9 Å². The van der Waals surface area contributed by atoms with Crippen molar-refractivity contribution in [2.75, 3.05) is 0 Å². The van der Waals surface area contributed by atoms with E-state index in [1.807, 2.05) is 0 Å². The van der Waals surface area contributed by atoms with E-state index in [1.54, 1.807) is 38.2 Å². The van der Waals surface area contributed by atoms with Crippen molar-refractivity contribution in [1.29, 1.82) is 0 Å². The van der Waals surface area contributed by atoms with Crippen molar-refractivity contribution in [3.63, 3.8) is 0 Å². The number of nitrogens with zero attached hydrogens (tertiary/aromatic N) is 1. The number of carbonyl (C=O) groups excluding carboxylic acids is 2. The lowest BCUT2D eigenvalue weighted by atomic mass is 9.82. The van der Waals surface area contributed by atoms with E-state index in [0.717, 1.165) is 0 Å². The van der Waals surface area contributed by atoms with Crippen LogP contribution in [0, 0.1) is 5.41 Å². The fourth-order valence-corrected chi connectivity index (χ4v) is 0.977. The van der Waals surface area contributed by atoms with Gasteiger partial charge in [0.15, 0.2) is 5.78 Å². The summed E-state index contributed by atoms with van der Waals surface area (Å²) in [7, 11) is 0. The lowest BCUT2D eigenvalue weighted by Crippen LogP contribution is -2.32. The zero-order valence-electron chi connectivity index (χ0n) is 8.57. The molecular weight excluding hydrogens is 178 g/mol. The molecule has 0 N–H and O–H groups in total. The lowest BCUT2D eigenvalue weighted by Gasteiger charge is -2.18. The molecule has 0 aliphatic carbocycles. The van der Waals surface area contributed by atoms with Crippen molar-refractivity contribution in [3.8, 4) is 0 Å². The van der Waals surface area contributed by atoms with Gasteiger partial charge in [-0.25, -0.2) is 0 Å². The number of rotatable bonds is 3. The van der Waals surface area contributed by atoms with Crippen molar-refractivity contribution in [3.05, 3.63) is 30.1 Å². The van der Waals surface area contributed by atoms with Gasteiger partial charge in [0, 0.05) is 6.20 Å². The average molecular weight is 191 g/mol. The van der Waals surface area contributed by atoms with E-state index < -0.39 is 5.41 Å². The molecule has 0 radical (unpaired) electrons. The summed E-state index contributed by atoms with van der Waals surface area (Å²) in [6, 6.07) is 5.08. The van der Waals surface area contributed by atoms with Crippen LogP contribution in [0.5, 0.6) is 0 Å². The van der Waals surface area contributed by atoms with Crippen LogP contribution in [0.15, 0.2) is 24.4 Å². The predicted molar refractivity (Wildman–Crippen MR) is 53.0 cm³/mol. The van der Waals surface area contributed by atoms with Crippen molar-refractivity contribution in [2.45, 2.75) is 20.8 Å². The second-order valence-electron chi connectivity index (χ2n) is 3.73. The van der Waals surface area contributed by atoms with Crippen molar-refractivity contribution >= 4 is 11.6 Å². The maximum atomic E-state index is 11.8. The molecule has 1 rings (SSSR count).